The number of aliphatic carboxylic acids is 1. The van der Waals surface area contributed by atoms with Crippen LogP contribution in [0.1, 0.15) is 34.1 Å². The number of hydrogen-bond donors (Lipinski definition) is 2. The fourth-order valence-electron chi connectivity index (χ4n) is 4.30. The molecule has 0 unspecified atom stereocenters. The lowest BCUT2D eigenvalue weighted by Crippen LogP contribution is -2.39. The molecule has 0 radical (unpaired) electrons. The Labute approximate surface area is 151 Å². The maximum atomic E-state index is 11.9. The zero-order valence-corrected chi connectivity index (χ0v) is 14.3. The number of nitrogens with one attached hydrogen (secondary N) is 1. The van der Waals surface area contributed by atoms with Crippen LogP contribution in [0.2, 0.25) is 0 Å². The van der Waals surface area contributed by atoms with Gasteiger partial charge in [-0.25, -0.2) is 4.98 Å². The molecular weight excluding hydrogens is 326 g/mol. The van der Waals surface area contributed by atoms with Crippen LogP contribution in [0.15, 0.2) is 48.8 Å². The van der Waals surface area contributed by atoms with Crippen LogP contribution in [0.3, 0.4) is 0 Å². The van der Waals surface area contributed by atoms with Crippen LogP contribution in [0.5, 0.6) is 0 Å². The van der Waals surface area contributed by atoms with Gasteiger partial charge in [0.1, 0.15) is 0 Å². The van der Waals surface area contributed by atoms with Crippen molar-refractivity contribution in [2.75, 3.05) is 6.54 Å². The zero-order chi connectivity index (χ0) is 17.7. The predicted octanol–water partition coefficient (Wildman–Crippen LogP) is 3.16. The monoisotopic (exact) mass is 345 g/mol. The number of imidazole rings is 1. The van der Waals surface area contributed by atoms with E-state index in [1.807, 2.05) is 4.90 Å². The SMILES string of the molecule is O=C(O)[C@@H]1c2nc[nH]c2CCN1Cc1ccc2c(c1)Cc1ccccc1-2. The highest BCUT2D eigenvalue weighted by atomic mass is 16.4. The van der Waals surface area contributed by atoms with Gasteiger partial charge in [-0.2, -0.15) is 0 Å². The van der Waals surface area contributed by atoms with E-state index in [0.717, 1.165) is 24.1 Å². The summed E-state index contributed by atoms with van der Waals surface area (Å²) >= 11 is 0. The second-order valence-electron chi connectivity index (χ2n) is 7.05. The van der Waals surface area contributed by atoms with E-state index in [1.165, 1.54) is 22.3 Å². The van der Waals surface area contributed by atoms with Gasteiger partial charge in [-0.1, -0.05) is 42.5 Å². The van der Waals surface area contributed by atoms with Crippen LogP contribution in [0.25, 0.3) is 11.1 Å². The molecular formula is C21H19N3O2. The fourth-order valence-corrected chi connectivity index (χ4v) is 4.30. The van der Waals surface area contributed by atoms with Crippen molar-refractivity contribution in [1.29, 1.82) is 0 Å². The Hall–Kier alpha value is -2.92. The first-order valence-electron chi connectivity index (χ1n) is 8.90. The van der Waals surface area contributed by atoms with E-state index >= 15 is 0 Å². The van der Waals surface area contributed by atoms with Gasteiger partial charge in [0, 0.05) is 25.2 Å². The summed E-state index contributed by atoms with van der Waals surface area (Å²) in [5.74, 6) is -0.841. The summed E-state index contributed by atoms with van der Waals surface area (Å²) in [6.07, 6.45) is 3.34. The molecule has 5 rings (SSSR count). The minimum Gasteiger partial charge on any atom is -0.480 e. The number of fused-ring (bicyclic) bond motifs is 4. The van der Waals surface area contributed by atoms with Crippen LogP contribution < -0.4 is 0 Å². The normalized spacial score (nSPS) is 18.2. The number of aromatic nitrogens is 2. The van der Waals surface area contributed by atoms with Gasteiger partial charge in [-0.3, -0.25) is 9.69 Å². The quantitative estimate of drug-likeness (QED) is 0.598. The first kappa shape index (κ1) is 15.3. The Morgan fingerprint density at radius 1 is 1.19 bits per heavy atom. The van der Waals surface area contributed by atoms with Crippen molar-refractivity contribution in [3.05, 3.63) is 76.9 Å². The van der Waals surface area contributed by atoms with Crippen molar-refractivity contribution in [1.82, 2.24) is 14.9 Å². The molecule has 26 heavy (non-hydrogen) atoms. The van der Waals surface area contributed by atoms with Gasteiger partial charge >= 0.3 is 5.97 Å². The molecule has 1 atom stereocenters. The number of aromatic amines is 1. The zero-order valence-electron chi connectivity index (χ0n) is 14.3. The average Bonchev–Trinajstić information content (AvgIpc) is 3.24. The van der Waals surface area contributed by atoms with Crippen LogP contribution >= 0.6 is 0 Å². The van der Waals surface area contributed by atoms with Gasteiger partial charge in [-0.15, -0.1) is 0 Å². The van der Waals surface area contributed by atoms with Crippen molar-refractivity contribution in [3.8, 4) is 11.1 Å². The molecule has 0 amide bonds. The third kappa shape index (κ3) is 2.35. The molecule has 1 aliphatic carbocycles. The highest BCUT2D eigenvalue weighted by Gasteiger charge is 2.35. The van der Waals surface area contributed by atoms with E-state index in [4.69, 9.17) is 0 Å². The fraction of sp³-hybridized carbons (Fsp3) is 0.238. The number of H-pyrrole nitrogens is 1. The first-order chi connectivity index (χ1) is 12.7. The van der Waals surface area contributed by atoms with E-state index in [2.05, 4.69) is 52.4 Å². The lowest BCUT2D eigenvalue weighted by Gasteiger charge is -2.32. The number of nitrogens with zero attached hydrogens (tertiary/aromatic N) is 2. The summed E-state index contributed by atoms with van der Waals surface area (Å²) in [6.45, 7) is 1.33. The van der Waals surface area contributed by atoms with Crippen LogP contribution in [0, 0.1) is 0 Å². The van der Waals surface area contributed by atoms with Gasteiger partial charge in [0.25, 0.3) is 0 Å². The Morgan fingerprint density at radius 2 is 2.04 bits per heavy atom. The van der Waals surface area contributed by atoms with Gasteiger partial charge in [-0.05, 0) is 34.2 Å². The van der Waals surface area contributed by atoms with E-state index in [-0.39, 0.29) is 0 Å². The van der Waals surface area contributed by atoms with Crippen molar-refractivity contribution in [2.45, 2.75) is 25.4 Å². The Morgan fingerprint density at radius 3 is 2.92 bits per heavy atom. The predicted molar refractivity (Wildman–Crippen MR) is 97.8 cm³/mol. The molecule has 2 aliphatic rings. The number of carboxylic acid groups (broad SMARTS) is 1. The summed E-state index contributed by atoms with van der Waals surface area (Å²) in [4.78, 5) is 21.2. The summed E-state index contributed by atoms with van der Waals surface area (Å²) < 4.78 is 0. The highest BCUT2D eigenvalue weighted by Crippen LogP contribution is 2.37. The Balaban J connectivity index is 1.44. The standard InChI is InChI=1S/C21H19N3O2/c25-21(26)20-19-18(22-12-23-19)7-8-24(20)11-13-5-6-17-15(9-13)10-14-3-1-2-4-16(14)17/h1-6,9,12,20H,7-8,10-11H2,(H,22,23)(H,25,26)/t20-/m0/s1. The third-order valence-corrected chi connectivity index (χ3v) is 5.50. The van der Waals surface area contributed by atoms with E-state index < -0.39 is 12.0 Å². The summed E-state index contributed by atoms with van der Waals surface area (Å²) in [5.41, 5.74) is 8.05. The topological polar surface area (TPSA) is 69.2 Å². The van der Waals surface area contributed by atoms with Gasteiger partial charge in [0.15, 0.2) is 6.04 Å². The largest absolute Gasteiger partial charge is 0.480 e. The molecule has 1 aromatic heterocycles. The molecule has 130 valence electrons. The molecule has 5 nitrogen and oxygen atoms in total. The minimum absolute atomic E-state index is 0.618. The number of carbonyl (C=O) groups is 1. The molecule has 2 N–H and O–H groups in total. The number of benzene rings is 2. The lowest BCUT2D eigenvalue weighted by molar-refractivity contribution is -0.144. The Kier molecular flexibility index (Phi) is 3.43. The second-order valence-corrected chi connectivity index (χ2v) is 7.05. The third-order valence-electron chi connectivity index (χ3n) is 5.50. The van der Waals surface area contributed by atoms with Crippen LogP contribution in [-0.2, 0) is 24.2 Å². The molecule has 5 heteroatoms. The van der Waals surface area contributed by atoms with E-state index in [9.17, 15) is 9.90 Å². The number of carboxylic acids is 1. The molecule has 0 spiro atoms. The molecule has 0 saturated carbocycles. The first-order valence-corrected chi connectivity index (χ1v) is 8.90. The van der Waals surface area contributed by atoms with Crippen molar-refractivity contribution < 1.29 is 9.90 Å². The molecule has 2 aromatic carbocycles. The molecule has 1 aliphatic heterocycles. The molecule has 2 heterocycles. The number of hydrogen-bond acceptors (Lipinski definition) is 3. The van der Waals surface area contributed by atoms with Gasteiger partial charge < -0.3 is 10.1 Å². The average molecular weight is 345 g/mol. The summed E-state index contributed by atoms with van der Waals surface area (Å²) in [5, 5.41) is 9.73. The van der Waals surface area contributed by atoms with Gasteiger partial charge in [0.2, 0.25) is 0 Å². The summed E-state index contributed by atoms with van der Waals surface area (Å²) in [7, 11) is 0. The van der Waals surface area contributed by atoms with Crippen LogP contribution in [0.4, 0.5) is 0 Å². The Bertz CT molecular complexity index is 1010. The maximum absolute atomic E-state index is 11.9. The highest BCUT2D eigenvalue weighted by molar-refractivity contribution is 5.77. The van der Waals surface area contributed by atoms with E-state index in [1.54, 1.807) is 6.33 Å². The van der Waals surface area contributed by atoms with Gasteiger partial charge in [0.05, 0.1) is 12.0 Å². The second kappa shape index (κ2) is 5.81. The van der Waals surface area contributed by atoms with Crippen molar-refractivity contribution in [3.63, 3.8) is 0 Å². The van der Waals surface area contributed by atoms with E-state index in [0.29, 0.717) is 18.8 Å². The molecule has 0 bridgehead atoms. The lowest BCUT2D eigenvalue weighted by atomic mass is 10.00. The minimum atomic E-state index is -0.841. The number of rotatable bonds is 3. The molecule has 0 fully saturated rings. The van der Waals surface area contributed by atoms with Crippen molar-refractivity contribution in [2.24, 2.45) is 0 Å². The van der Waals surface area contributed by atoms with Crippen molar-refractivity contribution >= 4 is 5.97 Å². The maximum Gasteiger partial charge on any atom is 0.327 e. The van der Waals surface area contributed by atoms with Crippen LogP contribution in [-0.4, -0.2) is 32.5 Å². The molecule has 3 aromatic rings. The smallest absolute Gasteiger partial charge is 0.327 e. The summed E-state index contributed by atoms with van der Waals surface area (Å²) in [6, 6.07) is 14.4. The molecule has 0 saturated heterocycles.